The summed E-state index contributed by atoms with van der Waals surface area (Å²) in [5, 5.41) is 10.4. The van der Waals surface area contributed by atoms with Gasteiger partial charge in [0.25, 0.3) is 0 Å². The van der Waals surface area contributed by atoms with Crippen LogP contribution in [0, 0.1) is 5.82 Å². The Morgan fingerprint density at radius 2 is 2.19 bits per heavy atom. The molecule has 16 heavy (non-hydrogen) atoms. The Bertz CT molecular complexity index is 357. The number of aliphatic hydroxyl groups is 1. The summed E-state index contributed by atoms with van der Waals surface area (Å²) in [5.74, 6) is 0.0570. The molecule has 3 N–H and O–H groups in total. The van der Waals surface area contributed by atoms with E-state index in [-0.39, 0.29) is 6.54 Å². The number of hydrogen-bond donors (Lipinski definition) is 2. The second kappa shape index (κ2) is 5.27. The number of benzene rings is 1. The average molecular weight is 227 g/mol. The third-order valence-corrected chi connectivity index (χ3v) is 2.66. The lowest BCUT2D eigenvalue weighted by Gasteiger charge is -2.28. The van der Waals surface area contributed by atoms with Gasteiger partial charge in [0.15, 0.2) is 0 Å². The normalized spacial score (nSPS) is 14.6. The van der Waals surface area contributed by atoms with Crippen molar-refractivity contribution in [1.82, 2.24) is 0 Å². The molecule has 3 nitrogen and oxygen atoms in total. The molecule has 4 heteroatoms. The van der Waals surface area contributed by atoms with Crippen molar-refractivity contribution in [1.29, 1.82) is 0 Å². The molecule has 1 aromatic rings. The summed E-state index contributed by atoms with van der Waals surface area (Å²) in [4.78, 5) is 0. The summed E-state index contributed by atoms with van der Waals surface area (Å²) in [6.45, 7) is 1.98. The Kier molecular flexibility index (Phi) is 4.26. The van der Waals surface area contributed by atoms with Gasteiger partial charge in [0.2, 0.25) is 0 Å². The zero-order valence-corrected chi connectivity index (χ0v) is 9.66. The molecule has 0 saturated heterocycles. The predicted octanol–water partition coefficient (Wildman–Crippen LogP) is 1.78. The van der Waals surface area contributed by atoms with E-state index in [0.29, 0.717) is 17.7 Å². The first-order valence-electron chi connectivity index (χ1n) is 5.34. The maximum atomic E-state index is 13.2. The molecule has 90 valence electrons. The first kappa shape index (κ1) is 12.9. The highest BCUT2D eigenvalue weighted by molar-refractivity contribution is 5.38. The van der Waals surface area contributed by atoms with Crippen molar-refractivity contribution in [3.05, 3.63) is 29.6 Å². The quantitative estimate of drug-likeness (QED) is 0.806. The van der Waals surface area contributed by atoms with Crippen LogP contribution < -0.4 is 10.5 Å². The van der Waals surface area contributed by atoms with Crippen LogP contribution in [0.4, 0.5) is 4.39 Å². The predicted molar refractivity (Wildman–Crippen MR) is 60.8 cm³/mol. The van der Waals surface area contributed by atoms with E-state index in [4.69, 9.17) is 10.5 Å². The monoisotopic (exact) mass is 227 g/mol. The molecule has 0 saturated carbocycles. The van der Waals surface area contributed by atoms with Crippen LogP contribution in [-0.4, -0.2) is 18.8 Å². The van der Waals surface area contributed by atoms with Crippen LogP contribution in [-0.2, 0) is 5.60 Å². The zero-order valence-electron chi connectivity index (χ0n) is 9.66. The Morgan fingerprint density at radius 3 is 2.69 bits per heavy atom. The molecule has 0 bridgehead atoms. The summed E-state index contributed by atoms with van der Waals surface area (Å²) in [6.07, 6.45) is 1.23. The third kappa shape index (κ3) is 2.51. The van der Waals surface area contributed by atoms with E-state index in [1.165, 1.54) is 25.3 Å². The van der Waals surface area contributed by atoms with E-state index >= 15 is 0 Å². The lowest BCUT2D eigenvalue weighted by atomic mass is 9.88. The first-order valence-corrected chi connectivity index (χ1v) is 5.34. The van der Waals surface area contributed by atoms with Gasteiger partial charge >= 0.3 is 0 Å². The van der Waals surface area contributed by atoms with Crippen molar-refractivity contribution in [2.45, 2.75) is 25.4 Å². The SMILES string of the molecule is CCCC(O)(CN)c1cc(F)ccc1OC. The second-order valence-corrected chi connectivity index (χ2v) is 3.83. The van der Waals surface area contributed by atoms with E-state index in [0.717, 1.165) is 6.42 Å². The van der Waals surface area contributed by atoms with Crippen LogP contribution in [0.15, 0.2) is 18.2 Å². The number of rotatable bonds is 5. The zero-order chi connectivity index (χ0) is 12.2. The maximum Gasteiger partial charge on any atom is 0.125 e. The van der Waals surface area contributed by atoms with E-state index in [9.17, 15) is 9.50 Å². The van der Waals surface area contributed by atoms with Crippen LogP contribution in [0.25, 0.3) is 0 Å². The van der Waals surface area contributed by atoms with E-state index in [1.807, 2.05) is 6.92 Å². The van der Waals surface area contributed by atoms with Gasteiger partial charge in [-0.1, -0.05) is 13.3 Å². The van der Waals surface area contributed by atoms with Gasteiger partial charge in [0.1, 0.15) is 17.2 Å². The smallest absolute Gasteiger partial charge is 0.125 e. The van der Waals surface area contributed by atoms with Crippen molar-refractivity contribution in [3.63, 3.8) is 0 Å². The molecular formula is C12H18FNO2. The van der Waals surface area contributed by atoms with Crippen molar-refractivity contribution in [3.8, 4) is 5.75 Å². The maximum absolute atomic E-state index is 13.2. The lowest BCUT2D eigenvalue weighted by molar-refractivity contribution is 0.0332. The summed E-state index contributed by atoms with van der Waals surface area (Å²) < 4.78 is 18.3. The minimum absolute atomic E-state index is 0.0423. The van der Waals surface area contributed by atoms with Gasteiger partial charge in [-0.15, -0.1) is 0 Å². The summed E-state index contributed by atoms with van der Waals surface area (Å²) >= 11 is 0. The first-order chi connectivity index (χ1) is 7.57. The Balaban J connectivity index is 3.21. The highest BCUT2D eigenvalue weighted by Gasteiger charge is 2.30. The highest BCUT2D eigenvalue weighted by atomic mass is 19.1. The van der Waals surface area contributed by atoms with Gasteiger partial charge in [-0.25, -0.2) is 4.39 Å². The Hall–Kier alpha value is -1.13. The number of methoxy groups -OCH3 is 1. The third-order valence-electron chi connectivity index (χ3n) is 2.66. The summed E-state index contributed by atoms with van der Waals surface area (Å²) in [5.41, 5.74) is 4.77. The fourth-order valence-electron chi connectivity index (χ4n) is 1.80. The molecular weight excluding hydrogens is 209 g/mol. The average Bonchev–Trinajstić information content (AvgIpc) is 2.29. The molecule has 1 aromatic carbocycles. The van der Waals surface area contributed by atoms with Crippen molar-refractivity contribution < 1.29 is 14.2 Å². The summed E-state index contributed by atoms with van der Waals surface area (Å²) in [6, 6.07) is 4.08. The van der Waals surface area contributed by atoms with Crippen LogP contribution in [0.1, 0.15) is 25.3 Å². The molecule has 0 aliphatic heterocycles. The van der Waals surface area contributed by atoms with Gasteiger partial charge in [-0.2, -0.15) is 0 Å². The Labute approximate surface area is 95.0 Å². The van der Waals surface area contributed by atoms with Crippen LogP contribution in [0.3, 0.4) is 0 Å². The van der Waals surface area contributed by atoms with Gasteiger partial charge in [-0.3, -0.25) is 0 Å². The number of ether oxygens (including phenoxy) is 1. The molecule has 0 aliphatic rings. The molecule has 0 aromatic heterocycles. The highest BCUT2D eigenvalue weighted by Crippen LogP contribution is 2.33. The number of hydrogen-bond acceptors (Lipinski definition) is 3. The van der Waals surface area contributed by atoms with Crippen molar-refractivity contribution >= 4 is 0 Å². The van der Waals surface area contributed by atoms with Crippen molar-refractivity contribution in [2.24, 2.45) is 5.73 Å². The lowest BCUT2D eigenvalue weighted by Crippen LogP contribution is -2.35. The van der Waals surface area contributed by atoms with Gasteiger partial charge in [0.05, 0.1) is 7.11 Å². The van der Waals surface area contributed by atoms with Crippen LogP contribution >= 0.6 is 0 Å². The van der Waals surface area contributed by atoms with Crippen LogP contribution in [0.5, 0.6) is 5.75 Å². The van der Waals surface area contributed by atoms with E-state index in [1.54, 1.807) is 0 Å². The molecule has 0 amide bonds. The van der Waals surface area contributed by atoms with Gasteiger partial charge < -0.3 is 15.6 Å². The number of halogens is 1. The molecule has 1 rings (SSSR count). The number of nitrogens with two attached hydrogens (primary N) is 1. The minimum Gasteiger partial charge on any atom is -0.496 e. The molecule has 0 fully saturated rings. The largest absolute Gasteiger partial charge is 0.496 e. The van der Waals surface area contributed by atoms with Crippen molar-refractivity contribution in [2.75, 3.05) is 13.7 Å². The van der Waals surface area contributed by atoms with E-state index in [2.05, 4.69) is 0 Å². The molecule has 1 unspecified atom stereocenters. The van der Waals surface area contributed by atoms with Gasteiger partial charge in [-0.05, 0) is 24.6 Å². The second-order valence-electron chi connectivity index (χ2n) is 3.83. The fourth-order valence-corrected chi connectivity index (χ4v) is 1.80. The topological polar surface area (TPSA) is 55.5 Å². The Morgan fingerprint density at radius 1 is 1.50 bits per heavy atom. The summed E-state index contributed by atoms with van der Waals surface area (Å²) in [7, 11) is 1.49. The van der Waals surface area contributed by atoms with Crippen LogP contribution in [0.2, 0.25) is 0 Å². The fraction of sp³-hybridized carbons (Fsp3) is 0.500. The molecule has 0 radical (unpaired) electrons. The molecule has 0 aliphatic carbocycles. The molecule has 1 atom stereocenters. The standard InChI is InChI=1S/C12H18FNO2/c1-3-6-12(15,8-14)10-7-9(13)4-5-11(10)16-2/h4-5,7,15H,3,6,8,14H2,1-2H3. The van der Waals surface area contributed by atoms with Gasteiger partial charge in [0, 0.05) is 12.1 Å². The molecule has 0 heterocycles. The minimum atomic E-state index is -1.22. The molecule has 0 spiro atoms. The van der Waals surface area contributed by atoms with E-state index < -0.39 is 11.4 Å².